The number of benzene rings is 3. The zero-order valence-corrected chi connectivity index (χ0v) is 20.5. The molecule has 4 aromatic rings. The van der Waals surface area contributed by atoms with Crippen molar-refractivity contribution in [2.75, 3.05) is 5.32 Å². The summed E-state index contributed by atoms with van der Waals surface area (Å²) in [4.78, 5) is 24.2. The predicted molar refractivity (Wildman–Crippen MR) is 138 cm³/mol. The van der Waals surface area contributed by atoms with Crippen molar-refractivity contribution in [2.24, 2.45) is 0 Å². The highest BCUT2D eigenvalue weighted by Gasteiger charge is 2.22. The summed E-state index contributed by atoms with van der Waals surface area (Å²) in [5.74, 6) is -0.855. The molecular formula is C29H25N3O6. The number of carbonyl (C=O) groups is 2. The average Bonchev–Trinajstić information content (AvgIpc) is 3.34. The Morgan fingerprint density at radius 3 is 2.29 bits per heavy atom. The lowest BCUT2D eigenvalue weighted by Crippen LogP contribution is -2.26. The Hall–Kier alpha value is -4.94. The van der Waals surface area contributed by atoms with Gasteiger partial charge in [0.05, 0.1) is 6.61 Å². The Morgan fingerprint density at radius 1 is 1.00 bits per heavy atom. The van der Waals surface area contributed by atoms with E-state index in [0.29, 0.717) is 5.56 Å². The van der Waals surface area contributed by atoms with E-state index < -0.39 is 24.3 Å². The first kappa shape index (κ1) is 26.1. The number of anilines is 1. The summed E-state index contributed by atoms with van der Waals surface area (Å²) in [7, 11) is 0. The summed E-state index contributed by atoms with van der Waals surface area (Å²) >= 11 is 0. The van der Waals surface area contributed by atoms with E-state index in [-0.39, 0.29) is 30.2 Å². The molecular weight excluding hydrogens is 486 g/mol. The van der Waals surface area contributed by atoms with E-state index in [9.17, 15) is 20.0 Å². The van der Waals surface area contributed by atoms with Gasteiger partial charge in [0.1, 0.15) is 17.9 Å². The van der Waals surface area contributed by atoms with Crippen LogP contribution in [0.1, 0.15) is 35.4 Å². The van der Waals surface area contributed by atoms with Gasteiger partial charge in [0.2, 0.25) is 5.69 Å². The molecule has 2 atom stereocenters. The number of carboxylic acid groups (broad SMARTS) is 1. The molecule has 38 heavy (non-hydrogen) atoms. The zero-order chi connectivity index (χ0) is 26.9. The zero-order valence-electron chi connectivity index (χ0n) is 20.5. The summed E-state index contributed by atoms with van der Waals surface area (Å²) in [6.07, 6.45) is -2.02. The largest absolute Gasteiger partial charge is 0.479 e. The Balaban J connectivity index is 1.42. The number of nitriles is 1. The van der Waals surface area contributed by atoms with Crippen LogP contribution in [0.3, 0.4) is 0 Å². The molecule has 9 nitrogen and oxygen atoms in total. The molecule has 2 N–H and O–H groups in total. The third-order valence-electron chi connectivity index (χ3n) is 5.78. The molecule has 0 aliphatic rings. The lowest BCUT2D eigenvalue weighted by molar-refractivity contribution is -0.151. The molecule has 0 aliphatic heterocycles. The summed E-state index contributed by atoms with van der Waals surface area (Å²) in [6.45, 7) is 1.82. The topological polar surface area (TPSA) is 135 Å². The Morgan fingerprint density at radius 2 is 1.66 bits per heavy atom. The molecule has 0 bridgehead atoms. The Kier molecular flexibility index (Phi) is 8.49. The maximum atomic E-state index is 12.6. The smallest absolute Gasteiger partial charge is 0.412 e. The van der Waals surface area contributed by atoms with Crippen molar-refractivity contribution in [1.29, 1.82) is 5.26 Å². The molecule has 1 aromatic heterocycles. The van der Waals surface area contributed by atoms with Crippen LogP contribution in [0.25, 0.3) is 11.3 Å². The van der Waals surface area contributed by atoms with Crippen LogP contribution in [0.5, 0.6) is 0 Å². The van der Waals surface area contributed by atoms with E-state index in [1.165, 1.54) is 0 Å². The third-order valence-corrected chi connectivity index (χ3v) is 5.78. The molecule has 0 radical (unpaired) electrons. The second-order valence-electron chi connectivity index (χ2n) is 8.45. The van der Waals surface area contributed by atoms with Crippen LogP contribution in [-0.2, 0) is 27.3 Å². The predicted octanol–water partition coefficient (Wildman–Crippen LogP) is 5.74. The number of aliphatic carboxylic acids is 1. The highest BCUT2D eigenvalue weighted by Crippen LogP contribution is 2.32. The van der Waals surface area contributed by atoms with E-state index in [4.69, 9.17) is 14.0 Å². The van der Waals surface area contributed by atoms with Gasteiger partial charge in [0, 0.05) is 12.0 Å². The van der Waals surface area contributed by atoms with Crippen LogP contribution in [-0.4, -0.2) is 28.4 Å². The second kappa shape index (κ2) is 12.3. The molecule has 2 unspecified atom stereocenters. The van der Waals surface area contributed by atoms with E-state index >= 15 is 0 Å². The molecule has 1 heterocycles. The molecule has 9 heteroatoms. The van der Waals surface area contributed by atoms with Crippen molar-refractivity contribution in [3.63, 3.8) is 0 Å². The van der Waals surface area contributed by atoms with Gasteiger partial charge in [0.15, 0.2) is 11.9 Å². The van der Waals surface area contributed by atoms with Gasteiger partial charge in [-0.2, -0.15) is 5.26 Å². The van der Waals surface area contributed by atoms with E-state index in [2.05, 4.69) is 10.5 Å². The SMILES string of the molecule is CC(OC(=O)Nc1c(C#N)noc1-c1ccc(COC(Cc2ccccc2)C(=O)O)cc1)c1ccccc1. The second-order valence-corrected chi connectivity index (χ2v) is 8.45. The van der Waals surface area contributed by atoms with Gasteiger partial charge in [-0.05, 0) is 23.6 Å². The molecule has 0 fully saturated rings. The molecule has 0 spiro atoms. The lowest BCUT2D eigenvalue weighted by atomic mass is 10.1. The minimum Gasteiger partial charge on any atom is -0.479 e. The molecule has 192 valence electrons. The van der Waals surface area contributed by atoms with Crippen LogP contribution >= 0.6 is 0 Å². The van der Waals surface area contributed by atoms with E-state index in [1.54, 1.807) is 31.2 Å². The van der Waals surface area contributed by atoms with Gasteiger partial charge < -0.3 is 19.1 Å². The fourth-order valence-electron chi connectivity index (χ4n) is 3.76. The number of nitrogens with zero attached hydrogens (tertiary/aromatic N) is 2. The van der Waals surface area contributed by atoms with E-state index in [0.717, 1.165) is 16.7 Å². The van der Waals surface area contributed by atoms with Crippen LogP contribution < -0.4 is 5.32 Å². The standard InChI is InChI=1S/C29H25N3O6/c1-19(22-10-6-3-7-11-22)37-29(35)31-26-24(17-30)32-38-27(26)23-14-12-21(13-15-23)18-36-25(28(33)34)16-20-8-4-2-5-9-20/h2-15,19,25H,16,18H2,1H3,(H,31,35)(H,33,34). The van der Waals surface area contributed by atoms with Crippen molar-refractivity contribution >= 4 is 17.7 Å². The minimum absolute atomic E-state index is 0.0821. The Bertz CT molecular complexity index is 1410. The molecule has 0 saturated carbocycles. The number of hydrogen-bond acceptors (Lipinski definition) is 7. The molecule has 1 amide bonds. The monoisotopic (exact) mass is 511 g/mol. The number of carboxylic acids is 1. The summed E-state index contributed by atoms with van der Waals surface area (Å²) in [5.41, 5.74) is 2.97. The van der Waals surface area contributed by atoms with Crippen molar-refractivity contribution in [3.8, 4) is 17.4 Å². The summed E-state index contributed by atoms with van der Waals surface area (Å²) in [5, 5.41) is 25.3. The van der Waals surface area contributed by atoms with Crippen LogP contribution in [0.15, 0.2) is 89.5 Å². The fraction of sp³-hybridized carbons (Fsp3) is 0.172. The maximum absolute atomic E-state index is 12.6. The van der Waals surface area contributed by atoms with Gasteiger partial charge in [-0.15, -0.1) is 0 Å². The number of ether oxygens (including phenoxy) is 2. The van der Waals surface area contributed by atoms with Gasteiger partial charge in [0.25, 0.3) is 0 Å². The highest BCUT2D eigenvalue weighted by molar-refractivity contribution is 5.91. The number of carbonyl (C=O) groups excluding carboxylic acids is 1. The summed E-state index contributed by atoms with van der Waals surface area (Å²) < 4.78 is 16.4. The lowest BCUT2D eigenvalue weighted by Gasteiger charge is -2.14. The normalized spacial score (nSPS) is 12.2. The van der Waals surface area contributed by atoms with Crippen molar-refractivity contribution in [2.45, 2.75) is 32.2 Å². The molecule has 4 rings (SSSR count). The number of aromatic nitrogens is 1. The minimum atomic E-state index is -1.04. The highest BCUT2D eigenvalue weighted by atomic mass is 16.6. The molecule has 0 saturated heterocycles. The number of hydrogen-bond donors (Lipinski definition) is 2. The van der Waals surface area contributed by atoms with Crippen LogP contribution in [0, 0.1) is 11.3 Å². The third kappa shape index (κ3) is 6.63. The van der Waals surface area contributed by atoms with Crippen LogP contribution in [0.2, 0.25) is 0 Å². The van der Waals surface area contributed by atoms with Crippen molar-refractivity contribution in [3.05, 3.63) is 107 Å². The first-order chi connectivity index (χ1) is 18.4. The quantitative estimate of drug-likeness (QED) is 0.275. The maximum Gasteiger partial charge on any atom is 0.412 e. The van der Waals surface area contributed by atoms with Gasteiger partial charge in [-0.1, -0.05) is 90.1 Å². The first-order valence-corrected chi connectivity index (χ1v) is 11.8. The van der Waals surface area contributed by atoms with Gasteiger partial charge in [-0.25, -0.2) is 9.59 Å². The number of rotatable bonds is 10. The van der Waals surface area contributed by atoms with Crippen molar-refractivity contribution < 1.29 is 28.7 Å². The van der Waals surface area contributed by atoms with Crippen LogP contribution in [0.4, 0.5) is 10.5 Å². The number of nitrogens with one attached hydrogen (secondary N) is 1. The van der Waals surface area contributed by atoms with Crippen molar-refractivity contribution in [1.82, 2.24) is 5.16 Å². The molecule has 0 aliphatic carbocycles. The molecule has 3 aromatic carbocycles. The van der Waals surface area contributed by atoms with Gasteiger partial charge >= 0.3 is 12.1 Å². The number of amides is 1. The first-order valence-electron chi connectivity index (χ1n) is 11.8. The average molecular weight is 512 g/mol. The van der Waals surface area contributed by atoms with Gasteiger partial charge in [-0.3, -0.25) is 5.32 Å². The summed E-state index contributed by atoms with van der Waals surface area (Å²) in [6, 6.07) is 27.3. The Labute approximate surface area is 219 Å². The van der Waals surface area contributed by atoms with E-state index in [1.807, 2.05) is 66.7 Å². The fourth-order valence-corrected chi connectivity index (χ4v) is 3.76.